The first kappa shape index (κ1) is 15.5. The maximum atomic E-state index is 14.1. The highest BCUT2D eigenvalue weighted by Crippen LogP contribution is 2.24. The number of hydrogen-bond donors (Lipinski definition) is 1. The molecule has 2 aromatic carbocycles. The van der Waals surface area contributed by atoms with Crippen LogP contribution >= 0.6 is 11.6 Å². The third kappa shape index (κ3) is 3.35. The van der Waals surface area contributed by atoms with Gasteiger partial charge in [0.05, 0.1) is 23.9 Å². The molecular weight excluding hydrogens is 317 g/mol. The molecule has 0 aliphatic carbocycles. The van der Waals surface area contributed by atoms with E-state index < -0.39 is 0 Å². The number of nitrogens with one attached hydrogen (secondary N) is 1. The number of halogens is 2. The molecule has 0 spiro atoms. The van der Waals surface area contributed by atoms with Gasteiger partial charge in [-0.05, 0) is 29.8 Å². The van der Waals surface area contributed by atoms with E-state index in [2.05, 4.69) is 15.3 Å². The Hall–Kier alpha value is -2.40. The average molecular weight is 332 g/mol. The number of nitrogens with zero attached hydrogens (tertiary/aromatic N) is 2. The second-order valence-corrected chi connectivity index (χ2v) is 5.22. The minimum atomic E-state index is -0.360. The van der Waals surface area contributed by atoms with Crippen LogP contribution in [0.5, 0.6) is 5.75 Å². The molecule has 0 saturated carbocycles. The smallest absolute Gasteiger partial charge is 0.146 e. The lowest BCUT2D eigenvalue weighted by Gasteiger charge is -2.11. The van der Waals surface area contributed by atoms with Crippen molar-refractivity contribution in [3.05, 3.63) is 59.7 Å². The number of methoxy groups -OCH3 is 1. The van der Waals surface area contributed by atoms with Gasteiger partial charge in [0.1, 0.15) is 23.2 Å². The first-order chi connectivity index (χ1) is 11.2. The molecule has 0 radical (unpaired) electrons. The molecule has 3 rings (SSSR count). The number of ether oxygens (including phenoxy) is 1. The highest BCUT2D eigenvalue weighted by atomic mass is 35.5. The molecule has 0 fully saturated rings. The summed E-state index contributed by atoms with van der Waals surface area (Å²) in [7, 11) is 1.62. The summed E-state index contributed by atoms with van der Waals surface area (Å²) in [6.45, 7) is 0.506. The Balaban J connectivity index is 1.91. The summed E-state index contributed by atoms with van der Waals surface area (Å²) in [6.07, 6.45) is 0. The van der Waals surface area contributed by atoms with Gasteiger partial charge in [-0.2, -0.15) is 0 Å². The average Bonchev–Trinajstić information content (AvgIpc) is 2.60. The van der Waals surface area contributed by atoms with Crippen LogP contribution < -0.4 is 10.1 Å². The Morgan fingerprint density at radius 3 is 2.61 bits per heavy atom. The summed E-state index contributed by atoms with van der Waals surface area (Å²) < 4.78 is 19.3. The Bertz CT molecular complexity index is 824. The van der Waals surface area contributed by atoms with E-state index in [1.165, 1.54) is 6.07 Å². The van der Waals surface area contributed by atoms with E-state index in [-0.39, 0.29) is 11.7 Å². The van der Waals surface area contributed by atoms with Crippen molar-refractivity contribution < 1.29 is 9.13 Å². The lowest BCUT2D eigenvalue weighted by molar-refractivity contribution is 0.414. The molecule has 0 bridgehead atoms. The predicted octanol–water partition coefficient (Wildman–Crippen LogP) is 4.13. The molecule has 23 heavy (non-hydrogen) atoms. The van der Waals surface area contributed by atoms with Crippen molar-refractivity contribution in [2.24, 2.45) is 0 Å². The number of fused-ring (bicyclic) bond motifs is 1. The van der Waals surface area contributed by atoms with Gasteiger partial charge in [0.25, 0.3) is 0 Å². The van der Waals surface area contributed by atoms with Crippen LogP contribution in [0.2, 0.25) is 0 Å². The van der Waals surface area contributed by atoms with E-state index in [4.69, 9.17) is 16.3 Å². The number of benzene rings is 2. The zero-order valence-corrected chi connectivity index (χ0v) is 13.3. The van der Waals surface area contributed by atoms with Gasteiger partial charge in [-0.25, -0.2) is 14.4 Å². The van der Waals surface area contributed by atoms with Crippen molar-refractivity contribution in [1.29, 1.82) is 0 Å². The zero-order chi connectivity index (χ0) is 16.2. The van der Waals surface area contributed by atoms with Gasteiger partial charge >= 0.3 is 0 Å². The molecule has 0 unspecified atom stereocenters. The van der Waals surface area contributed by atoms with Crippen molar-refractivity contribution in [2.45, 2.75) is 12.4 Å². The second-order valence-electron chi connectivity index (χ2n) is 4.96. The van der Waals surface area contributed by atoms with Gasteiger partial charge in [-0.1, -0.05) is 18.2 Å². The fourth-order valence-electron chi connectivity index (χ4n) is 2.31. The first-order valence-electron chi connectivity index (χ1n) is 7.09. The number of hydrogen-bond acceptors (Lipinski definition) is 4. The van der Waals surface area contributed by atoms with Crippen LogP contribution in [0.4, 0.5) is 10.2 Å². The van der Waals surface area contributed by atoms with Crippen molar-refractivity contribution in [3.8, 4) is 5.75 Å². The maximum absolute atomic E-state index is 14.1. The van der Waals surface area contributed by atoms with Crippen molar-refractivity contribution in [1.82, 2.24) is 9.97 Å². The summed E-state index contributed by atoms with van der Waals surface area (Å²) in [5.74, 6) is 1.50. The predicted molar refractivity (Wildman–Crippen MR) is 89.4 cm³/mol. The van der Waals surface area contributed by atoms with Crippen molar-refractivity contribution >= 4 is 28.3 Å². The van der Waals surface area contributed by atoms with Crippen LogP contribution in [0.15, 0.2) is 42.5 Å². The van der Waals surface area contributed by atoms with Gasteiger partial charge in [-0.15, -0.1) is 11.6 Å². The summed E-state index contributed by atoms with van der Waals surface area (Å²) in [5, 5.41) is 3.54. The van der Waals surface area contributed by atoms with Crippen LogP contribution in [0.3, 0.4) is 0 Å². The maximum Gasteiger partial charge on any atom is 0.146 e. The van der Waals surface area contributed by atoms with E-state index in [1.807, 2.05) is 24.3 Å². The van der Waals surface area contributed by atoms with E-state index in [1.54, 1.807) is 19.2 Å². The molecule has 0 aliphatic heterocycles. The first-order valence-corrected chi connectivity index (χ1v) is 7.62. The minimum Gasteiger partial charge on any atom is -0.497 e. The molecule has 3 aromatic rings. The summed E-state index contributed by atoms with van der Waals surface area (Å²) in [4.78, 5) is 8.56. The van der Waals surface area contributed by atoms with Crippen molar-refractivity contribution in [2.75, 3.05) is 12.4 Å². The Morgan fingerprint density at radius 1 is 1.13 bits per heavy atom. The van der Waals surface area contributed by atoms with Gasteiger partial charge < -0.3 is 10.1 Å². The summed E-state index contributed by atoms with van der Waals surface area (Å²) in [6, 6.07) is 12.4. The Labute approximate surface area is 138 Å². The SMILES string of the molecule is COc1ccc(CNc2nc(CCl)nc3cccc(F)c23)cc1. The lowest BCUT2D eigenvalue weighted by Crippen LogP contribution is -2.06. The van der Waals surface area contributed by atoms with Gasteiger partial charge in [-0.3, -0.25) is 0 Å². The third-order valence-corrected chi connectivity index (χ3v) is 3.70. The highest BCUT2D eigenvalue weighted by Gasteiger charge is 2.11. The fourth-order valence-corrected chi connectivity index (χ4v) is 2.43. The largest absolute Gasteiger partial charge is 0.497 e. The minimum absolute atomic E-state index is 0.170. The molecule has 1 aromatic heterocycles. The molecule has 118 valence electrons. The molecule has 6 heteroatoms. The summed E-state index contributed by atoms with van der Waals surface area (Å²) >= 11 is 5.83. The molecule has 0 saturated heterocycles. The topological polar surface area (TPSA) is 47.0 Å². The Kier molecular flexibility index (Phi) is 4.57. The molecule has 1 heterocycles. The molecule has 0 amide bonds. The normalized spacial score (nSPS) is 10.7. The molecule has 4 nitrogen and oxygen atoms in total. The molecular formula is C17H15ClFN3O. The molecule has 1 N–H and O–H groups in total. The third-order valence-electron chi connectivity index (χ3n) is 3.46. The summed E-state index contributed by atoms with van der Waals surface area (Å²) in [5.41, 5.74) is 1.56. The van der Waals surface area contributed by atoms with Crippen LogP contribution in [0.25, 0.3) is 10.9 Å². The van der Waals surface area contributed by atoms with Gasteiger partial charge in [0.2, 0.25) is 0 Å². The lowest BCUT2D eigenvalue weighted by atomic mass is 10.2. The van der Waals surface area contributed by atoms with Crippen LogP contribution in [-0.4, -0.2) is 17.1 Å². The number of anilines is 1. The fraction of sp³-hybridized carbons (Fsp3) is 0.176. The monoisotopic (exact) mass is 331 g/mol. The van der Waals surface area contributed by atoms with Crippen molar-refractivity contribution in [3.63, 3.8) is 0 Å². The highest BCUT2D eigenvalue weighted by molar-refractivity contribution is 6.16. The Morgan fingerprint density at radius 2 is 1.91 bits per heavy atom. The zero-order valence-electron chi connectivity index (χ0n) is 12.5. The van der Waals surface area contributed by atoms with Gasteiger partial charge in [0.15, 0.2) is 0 Å². The standard InChI is InChI=1S/C17H15ClFN3O/c1-23-12-7-5-11(6-8-12)10-20-17-16-13(19)3-2-4-14(16)21-15(9-18)22-17/h2-8H,9-10H2,1H3,(H,20,21,22). The second kappa shape index (κ2) is 6.79. The number of rotatable bonds is 5. The van der Waals surface area contributed by atoms with Crippen LogP contribution in [-0.2, 0) is 12.4 Å². The van der Waals surface area contributed by atoms with Gasteiger partial charge in [0, 0.05) is 6.54 Å². The molecule has 0 aliphatic rings. The van der Waals surface area contributed by atoms with E-state index >= 15 is 0 Å². The van der Waals surface area contributed by atoms with E-state index in [0.717, 1.165) is 11.3 Å². The molecule has 0 atom stereocenters. The van der Waals surface area contributed by atoms with Crippen LogP contribution in [0, 0.1) is 5.82 Å². The number of alkyl halides is 1. The quantitative estimate of drug-likeness (QED) is 0.714. The number of aromatic nitrogens is 2. The van der Waals surface area contributed by atoms with Crippen LogP contribution in [0.1, 0.15) is 11.4 Å². The van der Waals surface area contributed by atoms with E-state index in [9.17, 15) is 4.39 Å². The van der Waals surface area contributed by atoms with E-state index in [0.29, 0.717) is 29.1 Å².